The lowest BCUT2D eigenvalue weighted by atomic mass is 10.1. The van der Waals surface area contributed by atoms with Gasteiger partial charge < -0.3 is 15.2 Å². The van der Waals surface area contributed by atoms with E-state index in [1.807, 2.05) is 0 Å². The lowest BCUT2D eigenvalue weighted by molar-refractivity contribution is -0.142. The van der Waals surface area contributed by atoms with Crippen molar-refractivity contribution in [1.82, 2.24) is 5.32 Å². The number of hydrogen-bond acceptors (Lipinski definition) is 3. The fraction of sp³-hybridized carbons (Fsp3) is 0.333. The molecule has 0 spiro atoms. The molecule has 1 amide bonds. The number of hydrogen-bond donors (Lipinski definition) is 2. The first-order chi connectivity index (χ1) is 8.99. The molecule has 0 aliphatic rings. The van der Waals surface area contributed by atoms with Crippen LogP contribution in [0.2, 0.25) is 10.0 Å². The molecule has 0 atom stereocenters. The first kappa shape index (κ1) is 15.8. The summed E-state index contributed by atoms with van der Waals surface area (Å²) in [6, 6.07) is 4.92. The number of aliphatic carboxylic acids is 1. The van der Waals surface area contributed by atoms with Crippen LogP contribution in [0, 0.1) is 0 Å². The Morgan fingerprint density at radius 2 is 2.05 bits per heavy atom. The molecule has 7 heteroatoms. The zero-order valence-corrected chi connectivity index (χ0v) is 11.5. The molecule has 0 aliphatic heterocycles. The summed E-state index contributed by atoms with van der Waals surface area (Å²) in [4.78, 5) is 21.7. The predicted octanol–water partition coefficient (Wildman–Crippen LogP) is 1.75. The number of carboxylic acid groups (broad SMARTS) is 1. The van der Waals surface area contributed by atoms with Crippen LogP contribution in [0.25, 0.3) is 0 Å². The van der Waals surface area contributed by atoms with Crippen molar-refractivity contribution < 1.29 is 19.4 Å². The van der Waals surface area contributed by atoms with Crippen LogP contribution in [0.5, 0.6) is 0 Å². The van der Waals surface area contributed by atoms with E-state index in [-0.39, 0.29) is 32.1 Å². The predicted molar refractivity (Wildman–Crippen MR) is 71.6 cm³/mol. The zero-order valence-electron chi connectivity index (χ0n) is 9.99. The van der Waals surface area contributed by atoms with Crippen molar-refractivity contribution in [3.8, 4) is 0 Å². The Morgan fingerprint density at radius 3 is 2.68 bits per heavy atom. The zero-order chi connectivity index (χ0) is 14.3. The van der Waals surface area contributed by atoms with E-state index in [1.54, 1.807) is 18.2 Å². The Bertz CT molecular complexity index is 465. The second-order valence-electron chi connectivity index (χ2n) is 3.71. The fourth-order valence-electron chi connectivity index (χ4n) is 1.32. The summed E-state index contributed by atoms with van der Waals surface area (Å²) < 4.78 is 4.78. The van der Waals surface area contributed by atoms with Gasteiger partial charge in [-0.2, -0.15) is 0 Å². The normalized spacial score (nSPS) is 10.2. The van der Waals surface area contributed by atoms with Crippen molar-refractivity contribution in [3.05, 3.63) is 33.8 Å². The van der Waals surface area contributed by atoms with Gasteiger partial charge in [0.15, 0.2) is 0 Å². The standard InChI is InChI=1S/C12H13Cl2NO4/c13-9-2-1-8(10(14)6-9)5-11(16)15-3-4-19-7-12(17)18/h1-2,6H,3-5,7H2,(H,15,16)(H,17,18). The molecule has 0 fully saturated rings. The first-order valence-electron chi connectivity index (χ1n) is 5.49. The first-order valence-corrected chi connectivity index (χ1v) is 6.25. The van der Waals surface area contributed by atoms with Crippen LogP contribution in [0.3, 0.4) is 0 Å². The van der Waals surface area contributed by atoms with Gasteiger partial charge in [0.25, 0.3) is 0 Å². The summed E-state index contributed by atoms with van der Waals surface area (Å²) in [6.45, 7) is 0.0165. The number of halogens is 2. The van der Waals surface area contributed by atoms with Crippen LogP contribution < -0.4 is 5.32 Å². The van der Waals surface area contributed by atoms with E-state index in [0.29, 0.717) is 15.6 Å². The number of benzene rings is 1. The van der Waals surface area contributed by atoms with Crippen LogP contribution in [0.4, 0.5) is 0 Å². The number of nitrogens with one attached hydrogen (secondary N) is 1. The Hall–Kier alpha value is -1.30. The third-order valence-electron chi connectivity index (χ3n) is 2.16. The Labute approximate surface area is 120 Å². The Morgan fingerprint density at radius 1 is 1.32 bits per heavy atom. The van der Waals surface area contributed by atoms with Gasteiger partial charge in [-0.3, -0.25) is 4.79 Å². The monoisotopic (exact) mass is 305 g/mol. The molecule has 0 heterocycles. The number of carboxylic acids is 1. The van der Waals surface area contributed by atoms with Crippen LogP contribution in [0.1, 0.15) is 5.56 Å². The van der Waals surface area contributed by atoms with Gasteiger partial charge in [0.2, 0.25) is 5.91 Å². The molecule has 0 saturated carbocycles. The van der Waals surface area contributed by atoms with E-state index in [0.717, 1.165) is 0 Å². The van der Waals surface area contributed by atoms with Crippen LogP contribution >= 0.6 is 23.2 Å². The van der Waals surface area contributed by atoms with Crippen LogP contribution in [0.15, 0.2) is 18.2 Å². The van der Waals surface area contributed by atoms with Crippen molar-refractivity contribution in [2.24, 2.45) is 0 Å². The summed E-state index contributed by atoms with van der Waals surface area (Å²) in [6.07, 6.45) is 0.134. The van der Waals surface area contributed by atoms with E-state index in [2.05, 4.69) is 5.32 Å². The highest BCUT2D eigenvalue weighted by atomic mass is 35.5. The van der Waals surface area contributed by atoms with Crippen LogP contribution in [-0.2, 0) is 20.7 Å². The Kier molecular flexibility index (Phi) is 6.62. The topological polar surface area (TPSA) is 75.6 Å². The molecular formula is C12H13Cl2NO4. The van der Waals surface area contributed by atoms with Gasteiger partial charge in [-0.15, -0.1) is 0 Å². The van der Waals surface area contributed by atoms with Crippen molar-refractivity contribution >= 4 is 35.1 Å². The number of carbonyl (C=O) groups excluding carboxylic acids is 1. The minimum atomic E-state index is -1.04. The number of rotatable bonds is 7. The van der Waals surface area contributed by atoms with E-state index in [9.17, 15) is 9.59 Å². The minimum Gasteiger partial charge on any atom is -0.480 e. The maximum atomic E-state index is 11.6. The molecule has 1 aromatic rings. The largest absolute Gasteiger partial charge is 0.480 e. The summed E-state index contributed by atoms with van der Waals surface area (Å²) in [5.74, 6) is -1.26. The summed E-state index contributed by atoms with van der Waals surface area (Å²) in [5.41, 5.74) is 0.676. The number of carbonyl (C=O) groups is 2. The molecule has 0 saturated heterocycles. The highest BCUT2D eigenvalue weighted by molar-refractivity contribution is 6.35. The van der Waals surface area contributed by atoms with E-state index < -0.39 is 5.97 Å². The smallest absolute Gasteiger partial charge is 0.329 e. The average Bonchev–Trinajstić information content (AvgIpc) is 2.32. The van der Waals surface area contributed by atoms with Gasteiger partial charge in [0, 0.05) is 16.6 Å². The van der Waals surface area contributed by atoms with Gasteiger partial charge in [-0.25, -0.2) is 4.79 Å². The molecule has 2 N–H and O–H groups in total. The third kappa shape index (κ3) is 6.42. The summed E-state index contributed by atoms with van der Waals surface area (Å²) in [5, 5.41) is 11.9. The third-order valence-corrected chi connectivity index (χ3v) is 2.75. The van der Waals surface area contributed by atoms with E-state index in [1.165, 1.54) is 0 Å². The Balaban J connectivity index is 2.29. The second kappa shape index (κ2) is 7.99. The summed E-state index contributed by atoms with van der Waals surface area (Å²) in [7, 11) is 0. The lowest BCUT2D eigenvalue weighted by Gasteiger charge is -2.07. The highest BCUT2D eigenvalue weighted by Gasteiger charge is 2.07. The van der Waals surface area contributed by atoms with Gasteiger partial charge in [-0.05, 0) is 17.7 Å². The quantitative estimate of drug-likeness (QED) is 0.753. The summed E-state index contributed by atoms with van der Waals surface area (Å²) >= 11 is 11.7. The lowest BCUT2D eigenvalue weighted by Crippen LogP contribution is -2.29. The molecule has 104 valence electrons. The minimum absolute atomic E-state index is 0.134. The van der Waals surface area contributed by atoms with Gasteiger partial charge in [0.05, 0.1) is 13.0 Å². The highest BCUT2D eigenvalue weighted by Crippen LogP contribution is 2.21. The molecule has 0 radical (unpaired) electrons. The van der Waals surface area contributed by atoms with Gasteiger partial charge >= 0.3 is 5.97 Å². The van der Waals surface area contributed by atoms with Crippen molar-refractivity contribution in [3.63, 3.8) is 0 Å². The molecule has 5 nitrogen and oxygen atoms in total. The maximum Gasteiger partial charge on any atom is 0.329 e. The number of amides is 1. The molecule has 0 aromatic heterocycles. The molecular weight excluding hydrogens is 293 g/mol. The van der Waals surface area contributed by atoms with E-state index in [4.69, 9.17) is 33.0 Å². The number of ether oxygens (including phenoxy) is 1. The second-order valence-corrected chi connectivity index (χ2v) is 4.55. The van der Waals surface area contributed by atoms with Crippen molar-refractivity contribution in [2.45, 2.75) is 6.42 Å². The molecule has 0 bridgehead atoms. The average molecular weight is 306 g/mol. The molecule has 19 heavy (non-hydrogen) atoms. The SMILES string of the molecule is O=C(O)COCCNC(=O)Cc1ccc(Cl)cc1Cl. The van der Waals surface area contributed by atoms with Crippen molar-refractivity contribution in [2.75, 3.05) is 19.8 Å². The fourth-order valence-corrected chi connectivity index (χ4v) is 1.80. The van der Waals surface area contributed by atoms with Gasteiger partial charge in [-0.1, -0.05) is 29.3 Å². The van der Waals surface area contributed by atoms with Gasteiger partial charge in [0.1, 0.15) is 6.61 Å². The molecule has 1 rings (SSSR count). The maximum absolute atomic E-state index is 11.6. The molecule has 0 aliphatic carbocycles. The molecule has 0 unspecified atom stereocenters. The molecule has 1 aromatic carbocycles. The van der Waals surface area contributed by atoms with E-state index >= 15 is 0 Å². The van der Waals surface area contributed by atoms with Crippen molar-refractivity contribution in [1.29, 1.82) is 0 Å². The van der Waals surface area contributed by atoms with Crippen LogP contribution in [-0.4, -0.2) is 36.7 Å².